The third kappa shape index (κ3) is 6.45. The summed E-state index contributed by atoms with van der Waals surface area (Å²) in [6.45, 7) is 6.57. The van der Waals surface area contributed by atoms with Gasteiger partial charge in [0, 0.05) is 12.1 Å². The van der Waals surface area contributed by atoms with Crippen molar-refractivity contribution in [3.63, 3.8) is 0 Å². The topological polar surface area (TPSA) is 55.4 Å². The number of anilines is 1. The Kier molecular flexibility index (Phi) is 7.30. The fraction of sp³-hybridized carbons (Fsp3) is 0.462. The van der Waals surface area contributed by atoms with Crippen molar-refractivity contribution in [2.24, 2.45) is 0 Å². The van der Waals surface area contributed by atoms with Crippen molar-refractivity contribution in [1.82, 2.24) is 0 Å². The van der Waals surface area contributed by atoms with Gasteiger partial charge in [0.2, 0.25) is 5.91 Å². The van der Waals surface area contributed by atoms with Gasteiger partial charge in [-0.1, -0.05) is 51.5 Å². The Morgan fingerprint density at radius 2 is 1.57 bits per heavy atom. The van der Waals surface area contributed by atoms with Gasteiger partial charge in [-0.25, -0.2) is 4.79 Å². The molecule has 0 radical (unpaired) electrons. The quantitative estimate of drug-likeness (QED) is 0.594. The minimum Gasteiger partial charge on any atom is -0.459 e. The normalized spacial score (nSPS) is 14.9. The minimum absolute atomic E-state index is 0.0348. The molecule has 30 heavy (non-hydrogen) atoms. The molecule has 0 spiro atoms. The Labute approximate surface area is 180 Å². The summed E-state index contributed by atoms with van der Waals surface area (Å²) in [7, 11) is 0. The van der Waals surface area contributed by atoms with Crippen LogP contribution in [0.2, 0.25) is 0 Å². The molecule has 2 aromatic rings. The molecular weight excluding hydrogens is 374 g/mol. The first-order valence-electron chi connectivity index (χ1n) is 11.0. The molecule has 1 aliphatic rings. The van der Waals surface area contributed by atoms with Gasteiger partial charge in [0.1, 0.15) is 6.10 Å². The third-order valence-corrected chi connectivity index (χ3v) is 5.69. The Balaban J connectivity index is 1.46. The van der Waals surface area contributed by atoms with Gasteiger partial charge < -0.3 is 10.1 Å². The number of hydrogen-bond donors (Lipinski definition) is 1. The molecule has 0 bridgehead atoms. The van der Waals surface area contributed by atoms with Gasteiger partial charge in [-0.2, -0.15) is 0 Å². The van der Waals surface area contributed by atoms with E-state index >= 15 is 0 Å². The van der Waals surface area contributed by atoms with Crippen LogP contribution < -0.4 is 5.32 Å². The summed E-state index contributed by atoms with van der Waals surface area (Å²) in [5, 5.41) is 2.90. The number of benzene rings is 2. The van der Waals surface area contributed by atoms with Gasteiger partial charge in [0.05, 0.1) is 5.56 Å². The molecule has 3 rings (SSSR count). The first-order chi connectivity index (χ1) is 14.3. The van der Waals surface area contributed by atoms with Gasteiger partial charge in [-0.15, -0.1) is 0 Å². The van der Waals surface area contributed by atoms with Crippen LogP contribution in [0.4, 0.5) is 5.69 Å². The minimum atomic E-state index is -0.279. The number of amides is 1. The largest absolute Gasteiger partial charge is 0.459 e. The van der Waals surface area contributed by atoms with Gasteiger partial charge in [-0.3, -0.25) is 4.79 Å². The predicted molar refractivity (Wildman–Crippen MR) is 121 cm³/mol. The van der Waals surface area contributed by atoms with Crippen LogP contribution in [0.15, 0.2) is 48.5 Å². The van der Waals surface area contributed by atoms with Crippen LogP contribution in [0.5, 0.6) is 0 Å². The Morgan fingerprint density at radius 1 is 0.933 bits per heavy atom. The van der Waals surface area contributed by atoms with Gasteiger partial charge in [0.25, 0.3) is 0 Å². The number of ether oxygens (including phenoxy) is 1. The number of carbonyl (C=O) groups is 2. The van der Waals surface area contributed by atoms with Crippen LogP contribution in [0.25, 0.3) is 0 Å². The average Bonchev–Trinajstić information content (AvgIpc) is 2.73. The zero-order chi connectivity index (χ0) is 21.6. The second-order valence-corrected chi connectivity index (χ2v) is 9.24. The van der Waals surface area contributed by atoms with E-state index < -0.39 is 0 Å². The first-order valence-corrected chi connectivity index (χ1v) is 11.0. The second-order valence-electron chi connectivity index (χ2n) is 9.24. The lowest BCUT2D eigenvalue weighted by Crippen LogP contribution is -2.21. The van der Waals surface area contributed by atoms with Crippen LogP contribution in [0, 0.1) is 0 Å². The fourth-order valence-corrected chi connectivity index (χ4v) is 3.74. The standard InChI is InChI=1S/C26H33NO3/c1-26(2,3)21-14-9-19(10-15-21)11-18-24(28)27-22-16-12-20(13-17-22)25(29)30-23-7-5-4-6-8-23/h9-10,12-17,23H,4-8,11,18H2,1-3H3,(H,27,28). The lowest BCUT2D eigenvalue weighted by atomic mass is 9.86. The number of rotatable bonds is 6. The molecule has 0 saturated heterocycles. The molecular formula is C26H33NO3. The van der Waals surface area contributed by atoms with E-state index in [2.05, 4.69) is 50.4 Å². The number of hydrogen-bond acceptors (Lipinski definition) is 3. The monoisotopic (exact) mass is 407 g/mol. The van der Waals surface area contributed by atoms with Crippen molar-refractivity contribution in [3.05, 3.63) is 65.2 Å². The molecule has 0 unspecified atom stereocenters. The van der Waals surface area contributed by atoms with Crippen LogP contribution in [0.1, 0.15) is 80.8 Å². The summed E-state index contributed by atoms with van der Waals surface area (Å²) in [6, 6.07) is 15.4. The number of carbonyl (C=O) groups excluding carboxylic acids is 2. The molecule has 1 saturated carbocycles. The molecule has 4 nitrogen and oxygen atoms in total. The Bertz CT molecular complexity index is 841. The van der Waals surface area contributed by atoms with E-state index in [-0.39, 0.29) is 23.4 Å². The van der Waals surface area contributed by atoms with Crippen LogP contribution in [-0.4, -0.2) is 18.0 Å². The number of esters is 1. The molecule has 1 N–H and O–H groups in total. The van der Waals surface area contributed by atoms with E-state index in [4.69, 9.17) is 4.74 Å². The highest BCUT2D eigenvalue weighted by Crippen LogP contribution is 2.23. The van der Waals surface area contributed by atoms with E-state index in [1.54, 1.807) is 24.3 Å². The first kappa shape index (κ1) is 22.1. The van der Waals surface area contributed by atoms with Gasteiger partial charge in [-0.05, 0) is 72.9 Å². The smallest absolute Gasteiger partial charge is 0.338 e. The zero-order valence-corrected chi connectivity index (χ0v) is 18.4. The summed E-state index contributed by atoms with van der Waals surface area (Å²) in [4.78, 5) is 24.6. The lowest BCUT2D eigenvalue weighted by molar-refractivity contribution is -0.116. The Hall–Kier alpha value is -2.62. The van der Waals surface area contributed by atoms with Crippen molar-refractivity contribution in [3.8, 4) is 0 Å². The van der Waals surface area contributed by atoms with Crippen molar-refractivity contribution < 1.29 is 14.3 Å². The molecule has 160 valence electrons. The SMILES string of the molecule is CC(C)(C)c1ccc(CCC(=O)Nc2ccc(C(=O)OC3CCCCC3)cc2)cc1. The maximum Gasteiger partial charge on any atom is 0.338 e. The maximum absolute atomic E-state index is 12.3. The molecule has 0 aliphatic heterocycles. The van der Waals surface area contributed by atoms with Crippen molar-refractivity contribution in [1.29, 1.82) is 0 Å². The van der Waals surface area contributed by atoms with Gasteiger partial charge in [0.15, 0.2) is 0 Å². The van der Waals surface area contributed by atoms with Crippen LogP contribution in [0.3, 0.4) is 0 Å². The fourth-order valence-electron chi connectivity index (χ4n) is 3.74. The molecule has 0 atom stereocenters. The maximum atomic E-state index is 12.3. The van der Waals surface area contributed by atoms with E-state index in [0.717, 1.165) is 31.2 Å². The average molecular weight is 408 g/mol. The molecule has 0 heterocycles. The van der Waals surface area contributed by atoms with Crippen molar-refractivity contribution >= 4 is 17.6 Å². The molecule has 1 amide bonds. The van der Waals surface area contributed by atoms with E-state index in [9.17, 15) is 9.59 Å². The summed E-state index contributed by atoms with van der Waals surface area (Å²) in [5.74, 6) is -0.314. The molecule has 2 aromatic carbocycles. The molecule has 1 aliphatic carbocycles. The Morgan fingerprint density at radius 3 is 2.17 bits per heavy atom. The summed E-state index contributed by atoms with van der Waals surface area (Å²) in [5.41, 5.74) is 3.79. The lowest BCUT2D eigenvalue weighted by Gasteiger charge is -2.21. The number of aryl methyl sites for hydroxylation is 1. The molecule has 0 aromatic heterocycles. The highest BCUT2D eigenvalue weighted by atomic mass is 16.5. The van der Waals surface area contributed by atoms with Crippen LogP contribution in [-0.2, 0) is 21.4 Å². The van der Waals surface area contributed by atoms with Crippen LogP contribution >= 0.6 is 0 Å². The van der Waals surface area contributed by atoms with E-state index in [0.29, 0.717) is 24.1 Å². The molecule has 4 heteroatoms. The highest BCUT2D eigenvalue weighted by Gasteiger charge is 2.18. The van der Waals surface area contributed by atoms with Crippen molar-refractivity contribution in [2.75, 3.05) is 5.32 Å². The second kappa shape index (κ2) is 9.92. The van der Waals surface area contributed by atoms with E-state index in [1.165, 1.54) is 12.0 Å². The highest BCUT2D eigenvalue weighted by molar-refractivity contribution is 5.93. The van der Waals surface area contributed by atoms with E-state index in [1.807, 2.05) is 0 Å². The summed E-state index contributed by atoms with van der Waals surface area (Å²) >= 11 is 0. The third-order valence-electron chi connectivity index (χ3n) is 5.69. The molecule has 1 fully saturated rings. The van der Waals surface area contributed by atoms with Crippen molar-refractivity contribution in [2.45, 2.75) is 77.2 Å². The summed E-state index contributed by atoms with van der Waals surface area (Å²) < 4.78 is 5.59. The predicted octanol–water partition coefficient (Wildman–Crippen LogP) is 6.04. The zero-order valence-electron chi connectivity index (χ0n) is 18.4. The number of nitrogens with one attached hydrogen (secondary N) is 1. The van der Waals surface area contributed by atoms with Gasteiger partial charge >= 0.3 is 5.97 Å². The summed E-state index contributed by atoms with van der Waals surface area (Å²) in [6.07, 6.45) is 6.56.